The highest BCUT2D eigenvalue weighted by Gasteiger charge is 2.33. The van der Waals surface area contributed by atoms with Crippen LogP contribution in [0, 0.1) is 0 Å². The van der Waals surface area contributed by atoms with Crippen LogP contribution in [0.1, 0.15) is 31.0 Å². The third kappa shape index (κ3) is 4.01. The van der Waals surface area contributed by atoms with Crippen LogP contribution in [0.5, 0.6) is 5.75 Å². The fraction of sp³-hybridized carbons (Fsp3) is 0.208. The topological polar surface area (TPSA) is 69.9 Å². The van der Waals surface area contributed by atoms with E-state index >= 15 is 0 Å². The Morgan fingerprint density at radius 1 is 1.22 bits per heavy atom. The molecule has 0 aliphatic carbocycles. The Bertz CT molecular complexity index is 1390. The number of benzene rings is 2. The maximum Gasteiger partial charge on any atom is 0.338 e. The molecule has 3 aromatic rings. The van der Waals surface area contributed by atoms with Crippen molar-refractivity contribution in [3.05, 3.63) is 95.6 Å². The van der Waals surface area contributed by atoms with Gasteiger partial charge in [-0.05, 0) is 43.7 Å². The Hall–Kier alpha value is -3.16. The molecule has 6 nitrogen and oxygen atoms in total. The summed E-state index contributed by atoms with van der Waals surface area (Å²) in [6.07, 6.45) is 1.78. The molecular formula is C24H21ClN2O4S. The van der Waals surface area contributed by atoms with Gasteiger partial charge in [-0.25, -0.2) is 9.79 Å². The molecule has 0 saturated heterocycles. The minimum Gasteiger partial charge on any atom is -0.496 e. The van der Waals surface area contributed by atoms with E-state index in [0.29, 0.717) is 31.4 Å². The molecule has 0 bridgehead atoms. The lowest BCUT2D eigenvalue weighted by molar-refractivity contribution is -0.139. The van der Waals surface area contributed by atoms with E-state index in [0.717, 1.165) is 11.1 Å². The van der Waals surface area contributed by atoms with Gasteiger partial charge in [-0.2, -0.15) is 0 Å². The maximum absolute atomic E-state index is 13.5. The molecule has 0 unspecified atom stereocenters. The van der Waals surface area contributed by atoms with Crippen LogP contribution in [0.25, 0.3) is 6.08 Å². The Balaban J connectivity index is 1.97. The van der Waals surface area contributed by atoms with Crippen molar-refractivity contribution in [2.75, 3.05) is 13.7 Å². The van der Waals surface area contributed by atoms with Gasteiger partial charge in [0, 0.05) is 10.6 Å². The highest BCUT2D eigenvalue weighted by molar-refractivity contribution is 7.07. The van der Waals surface area contributed by atoms with Crippen LogP contribution in [0.4, 0.5) is 0 Å². The molecule has 1 atom stereocenters. The van der Waals surface area contributed by atoms with Crippen molar-refractivity contribution in [3.8, 4) is 5.75 Å². The Morgan fingerprint density at radius 2 is 1.94 bits per heavy atom. The van der Waals surface area contributed by atoms with Crippen molar-refractivity contribution in [2.24, 2.45) is 4.99 Å². The minimum atomic E-state index is -0.664. The number of hydrogen-bond donors (Lipinski definition) is 0. The normalized spacial score (nSPS) is 15.9. The van der Waals surface area contributed by atoms with Gasteiger partial charge in [0.15, 0.2) is 4.80 Å². The number of hydrogen-bond acceptors (Lipinski definition) is 6. The molecular weight excluding hydrogens is 448 g/mol. The average Bonchev–Trinajstić information content (AvgIpc) is 3.08. The zero-order valence-corrected chi connectivity index (χ0v) is 19.4. The molecule has 0 N–H and O–H groups in total. The maximum atomic E-state index is 13.5. The lowest BCUT2D eigenvalue weighted by Gasteiger charge is -2.24. The number of rotatable bonds is 5. The Kier molecular flexibility index (Phi) is 6.30. The van der Waals surface area contributed by atoms with Crippen molar-refractivity contribution >= 4 is 35.0 Å². The van der Waals surface area contributed by atoms with Gasteiger partial charge in [0.2, 0.25) is 0 Å². The van der Waals surface area contributed by atoms with Crippen LogP contribution in [-0.4, -0.2) is 24.3 Å². The second-order valence-corrected chi connectivity index (χ2v) is 8.54. The number of ether oxygens (including phenoxy) is 2. The predicted octanol–water partition coefficient (Wildman–Crippen LogP) is 3.46. The van der Waals surface area contributed by atoms with Crippen molar-refractivity contribution in [2.45, 2.75) is 19.9 Å². The number of carbonyl (C=O) groups is 1. The number of allylic oxidation sites excluding steroid dienone is 1. The summed E-state index contributed by atoms with van der Waals surface area (Å²) in [5.74, 6) is 0.170. The molecule has 0 amide bonds. The fourth-order valence-electron chi connectivity index (χ4n) is 3.68. The number of para-hydroxylation sites is 1. The molecule has 0 saturated carbocycles. The third-order valence-electron chi connectivity index (χ3n) is 5.13. The van der Waals surface area contributed by atoms with Gasteiger partial charge in [0.1, 0.15) is 5.75 Å². The molecule has 8 heteroatoms. The predicted molar refractivity (Wildman–Crippen MR) is 125 cm³/mol. The highest BCUT2D eigenvalue weighted by atomic mass is 35.5. The minimum absolute atomic E-state index is 0.223. The van der Waals surface area contributed by atoms with Gasteiger partial charge in [-0.3, -0.25) is 9.36 Å². The average molecular weight is 469 g/mol. The first-order valence-corrected chi connectivity index (χ1v) is 11.2. The molecule has 0 radical (unpaired) electrons. The zero-order valence-electron chi connectivity index (χ0n) is 17.8. The number of nitrogens with zero attached hydrogens (tertiary/aromatic N) is 2. The van der Waals surface area contributed by atoms with Crippen molar-refractivity contribution in [1.82, 2.24) is 4.57 Å². The zero-order chi connectivity index (χ0) is 22.8. The summed E-state index contributed by atoms with van der Waals surface area (Å²) >= 11 is 7.35. The quantitative estimate of drug-likeness (QED) is 0.538. The van der Waals surface area contributed by atoms with Gasteiger partial charge in [0.25, 0.3) is 5.56 Å². The molecule has 1 aliphatic heterocycles. The van der Waals surface area contributed by atoms with Crippen LogP contribution >= 0.6 is 22.9 Å². The SMILES string of the molecule is CCOC(=O)C1=C(C)N=c2sc(=Cc3ccccc3OC)c(=O)n2[C@@H]1c1ccc(Cl)cc1. The summed E-state index contributed by atoms with van der Waals surface area (Å²) in [5.41, 5.74) is 2.15. The molecule has 2 heterocycles. The molecule has 0 fully saturated rings. The van der Waals surface area contributed by atoms with Gasteiger partial charge < -0.3 is 9.47 Å². The number of esters is 1. The monoisotopic (exact) mass is 468 g/mol. The molecule has 1 aliphatic rings. The van der Waals surface area contributed by atoms with E-state index in [2.05, 4.69) is 4.99 Å². The molecule has 32 heavy (non-hydrogen) atoms. The number of fused-ring (bicyclic) bond motifs is 1. The van der Waals surface area contributed by atoms with Crippen molar-refractivity contribution in [3.63, 3.8) is 0 Å². The van der Waals surface area contributed by atoms with Gasteiger partial charge >= 0.3 is 5.97 Å². The van der Waals surface area contributed by atoms with E-state index in [4.69, 9.17) is 21.1 Å². The van der Waals surface area contributed by atoms with Crippen LogP contribution in [0.15, 0.2) is 69.6 Å². The molecule has 164 valence electrons. The summed E-state index contributed by atoms with van der Waals surface area (Å²) in [7, 11) is 1.59. The number of halogens is 1. The molecule has 1 aromatic heterocycles. The van der Waals surface area contributed by atoms with Crippen LogP contribution in [0.3, 0.4) is 0 Å². The second kappa shape index (κ2) is 9.14. The summed E-state index contributed by atoms with van der Waals surface area (Å²) in [6.45, 7) is 3.72. The Morgan fingerprint density at radius 3 is 2.62 bits per heavy atom. The van der Waals surface area contributed by atoms with Gasteiger partial charge in [-0.1, -0.05) is 53.3 Å². The van der Waals surface area contributed by atoms with Crippen LogP contribution in [0.2, 0.25) is 5.02 Å². The molecule has 2 aromatic carbocycles. The lowest BCUT2D eigenvalue weighted by Crippen LogP contribution is -2.39. The first-order chi connectivity index (χ1) is 15.4. The number of aromatic nitrogens is 1. The van der Waals surface area contributed by atoms with E-state index < -0.39 is 12.0 Å². The standard InChI is InChI=1S/C24H21ClN2O4S/c1-4-31-23(29)20-14(2)26-24-27(21(20)15-9-11-17(25)12-10-15)22(28)19(32-24)13-16-7-5-6-8-18(16)30-3/h5-13,21H,4H2,1-3H3/t21-/m1/s1. The van der Waals surface area contributed by atoms with E-state index in [1.54, 1.807) is 43.7 Å². The second-order valence-electron chi connectivity index (χ2n) is 7.10. The van der Waals surface area contributed by atoms with E-state index in [-0.39, 0.29) is 12.2 Å². The summed E-state index contributed by atoms with van der Waals surface area (Å²) < 4.78 is 12.7. The van der Waals surface area contributed by atoms with E-state index in [1.165, 1.54) is 11.3 Å². The Labute approximate surface area is 193 Å². The first kappa shape index (κ1) is 22.0. The highest BCUT2D eigenvalue weighted by Crippen LogP contribution is 2.31. The van der Waals surface area contributed by atoms with E-state index in [1.807, 2.05) is 36.4 Å². The number of methoxy groups -OCH3 is 1. The van der Waals surface area contributed by atoms with E-state index in [9.17, 15) is 9.59 Å². The number of thiazole rings is 1. The third-order valence-corrected chi connectivity index (χ3v) is 6.36. The van der Waals surface area contributed by atoms with Crippen molar-refractivity contribution in [1.29, 1.82) is 0 Å². The first-order valence-electron chi connectivity index (χ1n) is 10.0. The molecule has 0 spiro atoms. The molecule has 4 rings (SSSR count). The van der Waals surface area contributed by atoms with Crippen molar-refractivity contribution < 1.29 is 14.3 Å². The lowest BCUT2D eigenvalue weighted by atomic mass is 9.96. The largest absolute Gasteiger partial charge is 0.496 e. The summed E-state index contributed by atoms with van der Waals surface area (Å²) in [5, 5.41) is 0.565. The van der Waals surface area contributed by atoms with Gasteiger partial charge in [0.05, 0.1) is 35.6 Å². The smallest absolute Gasteiger partial charge is 0.338 e. The summed E-state index contributed by atoms with van der Waals surface area (Å²) in [4.78, 5) is 31.5. The van der Waals surface area contributed by atoms with Gasteiger partial charge in [-0.15, -0.1) is 0 Å². The fourth-order valence-corrected chi connectivity index (χ4v) is 4.84. The van der Waals surface area contributed by atoms with Crippen LogP contribution < -0.4 is 19.6 Å². The van der Waals surface area contributed by atoms with Crippen LogP contribution in [-0.2, 0) is 9.53 Å². The summed E-state index contributed by atoms with van der Waals surface area (Å²) in [6, 6.07) is 13.9. The number of carbonyl (C=O) groups excluding carboxylic acids is 1.